The summed E-state index contributed by atoms with van der Waals surface area (Å²) in [6.07, 6.45) is -2.35. The quantitative estimate of drug-likeness (QED) is 0.274. The number of hydrogen-bond acceptors (Lipinski definition) is 8. The number of nitriles is 1. The number of anilines is 1. The first-order valence-corrected chi connectivity index (χ1v) is 11.5. The number of aryl methyl sites for hydroxylation is 1. The number of urea groups is 1. The Morgan fingerprint density at radius 2 is 2.00 bits per heavy atom. The summed E-state index contributed by atoms with van der Waals surface area (Å²) < 4.78 is 39.3. The molecule has 0 unspecified atom stereocenters. The number of nitrogens with two attached hydrogens (primary N) is 1. The zero-order valence-corrected chi connectivity index (χ0v) is 20.8. The lowest BCUT2D eigenvalue weighted by atomic mass is 9.92. The van der Waals surface area contributed by atoms with Gasteiger partial charge in [-0.1, -0.05) is 23.7 Å². The van der Waals surface area contributed by atoms with E-state index in [0.29, 0.717) is 33.5 Å². The highest BCUT2D eigenvalue weighted by Crippen LogP contribution is 2.37. The molecule has 15 heteroatoms. The number of hydrogen-bond donors (Lipinski definition) is 2. The summed E-state index contributed by atoms with van der Waals surface area (Å²) in [6, 6.07) is 10.8. The van der Waals surface area contributed by atoms with E-state index in [-0.39, 0.29) is 28.2 Å². The van der Waals surface area contributed by atoms with Crippen LogP contribution in [0.1, 0.15) is 11.3 Å². The van der Waals surface area contributed by atoms with E-state index in [9.17, 15) is 28.0 Å². The maximum Gasteiger partial charge on any atom is 0.493 e. The van der Waals surface area contributed by atoms with E-state index >= 15 is 0 Å². The third-order valence-electron chi connectivity index (χ3n) is 5.27. The maximum atomic E-state index is 12.6. The Morgan fingerprint density at radius 1 is 1.23 bits per heavy atom. The van der Waals surface area contributed by atoms with Crippen LogP contribution in [0.4, 0.5) is 23.8 Å². The molecule has 0 aliphatic carbocycles. The van der Waals surface area contributed by atoms with E-state index < -0.39 is 24.7 Å². The molecule has 11 nitrogen and oxygen atoms in total. The largest absolute Gasteiger partial charge is 0.493 e. The van der Waals surface area contributed by atoms with Gasteiger partial charge in [0, 0.05) is 29.6 Å². The first-order chi connectivity index (χ1) is 18.5. The van der Waals surface area contributed by atoms with Crippen molar-refractivity contribution in [1.82, 2.24) is 24.6 Å². The van der Waals surface area contributed by atoms with Crippen LogP contribution in [0.15, 0.2) is 48.8 Å². The van der Waals surface area contributed by atoms with E-state index in [1.54, 1.807) is 37.3 Å². The number of carbonyl (C=O) groups excluding carboxylic acids is 2. The second kappa shape index (κ2) is 10.9. The smallest absolute Gasteiger partial charge is 0.329 e. The first-order valence-electron chi connectivity index (χ1n) is 11.1. The SMILES string of the molecule is Cc1cc(-c2c(C#N)cccc2-c2cnn3ccc(NC(=O)N(CCN)OC(=O)C(F)(F)F)nc23)cc(Cl)n1. The van der Waals surface area contributed by atoms with Crippen LogP contribution < -0.4 is 11.1 Å². The minimum atomic E-state index is -5.32. The van der Waals surface area contributed by atoms with Crippen LogP contribution >= 0.6 is 11.6 Å². The lowest BCUT2D eigenvalue weighted by Crippen LogP contribution is -2.43. The van der Waals surface area contributed by atoms with Crippen molar-refractivity contribution in [3.05, 3.63) is 65.2 Å². The molecule has 4 rings (SSSR count). The van der Waals surface area contributed by atoms with Gasteiger partial charge in [-0.3, -0.25) is 5.32 Å². The van der Waals surface area contributed by atoms with Crippen LogP contribution in [-0.4, -0.2) is 55.9 Å². The van der Waals surface area contributed by atoms with E-state index in [4.69, 9.17) is 17.3 Å². The summed E-state index contributed by atoms with van der Waals surface area (Å²) in [7, 11) is 0. The first kappa shape index (κ1) is 27.3. The summed E-state index contributed by atoms with van der Waals surface area (Å²) >= 11 is 6.17. The summed E-state index contributed by atoms with van der Waals surface area (Å²) in [5.41, 5.74) is 8.80. The van der Waals surface area contributed by atoms with Gasteiger partial charge in [-0.05, 0) is 42.3 Å². The number of carbonyl (C=O) groups is 2. The van der Waals surface area contributed by atoms with E-state index in [2.05, 4.69) is 31.3 Å². The molecule has 0 aliphatic rings. The zero-order chi connectivity index (χ0) is 28.3. The molecular weight excluding hydrogens is 541 g/mol. The minimum absolute atomic E-state index is 0.0832. The lowest BCUT2D eigenvalue weighted by molar-refractivity contribution is -0.227. The number of nitrogens with one attached hydrogen (secondary N) is 1. The van der Waals surface area contributed by atoms with Crippen molar-refractivity contribution in [3.63, 3.8) is 0 Å². The molecule has 1 aromatic carbocycles. The predicted octanol–water partition coefficient (Wildman–Crippen LogP) is 4.10. The molecule has 3 heterocycles. The number of pyridine rings is 1. The van der Waals surface area contributed by atoms with Gasteiger partial charge >= 0.3 is 18.2 Å². The zero-order valence-electron chi connectivity index (χ0n) is 20.0. The van der Waals surface area contributed by atoms with Gasteiger partial charge in [0.25, 0.3) is 0 Å². The highest BCUT2D eigenvalue weighted by atomic mass is 35.5. The molecule has 0 atom stereocenters. The van der Waals surface area contributed by atoms with E-state index in [0.717, 1.165) is 0 Å². The molecular formula is C24H18ClF3N8O3. The topological polar surface area (TPSA) is 152 Å². The number of aromatic nitrogens is 4. The van der Waals surface area contributed by atoms with Gasteiger partial charge < -0.3 is 10.6 Å². The van der Waals surface area contributed by atoms with Gasteiger partial charge in [-0.25, -0.2) is 24.1 Å². The average molecular weight is 559 g/mol. The Balaban J connectivity index is 1.74. The Kier molecular flexibility index (Phi) is 7.65. The Morgan fingerprint density at radius 3 is 2.67 bits per heavy atom. The van der Waals surface area contributed by atoms with Crippen molar-refractivity contribution in [1.29, 1.82) is 5.26 Å². The van der Waals surface area contributed by atoms with E-state index in [1.807, 2.05) is 0 Å². The average Bonchev–Trinajstić information content (AvgIpc) is 3.29. The van der Waals surface area contributed by atoms with E-state index in [1.165, 1.54) is 23.0 Å². The van der Waals surface area contributed by atoms with Crippen molar-refractivity contribution >= 4 is 35.1 Å². The van der Waals surface area contributed by atoms with Gasteiger partial charge in [0.15, 0.2) is 5.65 Å². The molecule has 3 N–H and O–H groups in total. The second-order valence-electron chi connectivity index (χ2n) is 8.00. The number of hydroxylamine groups is 2. The Labute approximate surface area is 223 Å². The number of amides is 2. The number of fused-ring (bicyclic) bond motifs is 1. The number of halogens is 4. The molecule has 0 fully saturated rings. The van der Waals surface area contributed by atoms with Crippen LogP contribution in [0.3, 0.4) is 0 Å². The minimum Gasteiger partial charge on any atom is -0.329 e. The monoisotopic (exact) mass is 558 g/mol. The summed E-state index contributed by atoms with van der Waals surface area (Å²) in [6.45, 7) is 0.968. The number of benzene rings is 1. The molecule has 39 heavy (non-hydrogen) atoms. The Hall–Kier alpha value is -4.74. The lowest BCUT2D eigenvalue weighted by Gasteiger charge is -2.21. The number of nitrogens with zero attached hydrogens (tertiary/aromatic N) is 6. The van der Waals surface area contributed by atoms with Crippen molar-refractivity contribution in [3.8, 4) is 28.3 Å². The predicted molar refractivity (Wildman–Crippen MR) is 133 cm³/mol. The van der Waals surface area contributed by atoms with Crippen molar-refractivity contribution in [2.24, 2.45) is 5.73 Å². The normalized spacial score (nSPS) is 11.2. The molecule has 0 aliphatic heterocycles. The molecule has 200 valence electrons. The summed E-state index contributed by atoms with van der Waals surface area (Å²) in [4.78, 5) is 36.5. The maximum absolute atomic E-state index is 12.6. The molecule has 0 spiro atoms. The second-order valence-corrected chi connectivity index (χ2v) is 8.38. The van der Waals surface area contributed by atoms with Crippen molar-refractivity contribution in [2.45, 2.75) is 13.1 Å². The highest BCUT2D eigenvalue weighted by Gasteiger charge is 2.43. The van der Waals surface area contributed by atoms with Gasteiger partial charge in [-0.2, -0.15) is 28.6 Å². The van der Waals surface area contributed by atoms with Gasteiger partial charge in [0.2, 0.25) is 0 Å². The fraction of sp³-hybridized carbons (Fsp3) is 0.167. The highest BCUT2D eigenvalue weighted by molar-refractivity contribution is 6.29. The van der Waals surface area contributed by atoms with Gasteiger partial charge in [0.1, 0.15) is 11.0 Å². The molecule has 2 amide bonds. The third-order valence-corrected chi connectivity index (χ3v) is 5.47. The summed E-state index contributed by atoms with van der Waals surface area (Å²) in [5, 5.41) is 16.7. The van der Waals surface area contributed by atoms with Crippen LogP contribution in [0.2, 0.25) is 5.15 Å². The van der Waals surface area contributed by atoms with Crippen molar-refractivity contribution < 1.29 is 27.6 Å². The molecule has 3 aromatic heterocycles. The molecule has 0 saturated carbocycles. The van der Waals surface area contributed by atoms with Crippen LogP contribution in [0.25, 0.3) is 27.9 Å². The molecule has 0 saturated heterocycles. The van der Waals surface area contributed by atoms with Crippen molar-refractivity contribution in [2.75, 3.05) is 18.4 Å². The molecule has 0 bridgehead atoms. The van der Waals surface area contributed by atoms with Gasteiger partial charge in [-0.15, -0.1) is 0 Å². The Bertz CT molecular complexity index is 1600. The summed E-state index contributed by atoms with van der Waals surface area (Å²) in [5.74, 6) is -2.66. The van der Waals surface area contributed by atoms with Gasteiger partial charge in [0.05, 0.1) is 24.4 Å². The van der Waals surface area contributed by atoms with Crippen LogP contribution in [-0.2, 0) is 9.63 Å². The fourth-order valence-corrected chi connectivity index (χ4v) is 3.96. The fourth-order valence-electron chi connectivity index (χ4n) is 3.71. The standard InChI is InChI=1S/C24H18ClF3N8O3/c1-13-9-15(10-18(25)32-13)20-14(11-30)3-2-4-16(20)17-12-31-35-7-5-19(33-21(17)35)34-23(38)36(8-6-29)39-22(37)24(26,27)28/h2-5,7,9-10,12H,6,8,29H2,1H3,(H,33,34,38). The molecule has 4 aromatic rings. The van der Waals surface area contributed by atoms with Crippen LogP contribution in [0.5, 0.6) is 0 Å². The molecule has 0 radical (unpaired) electrons. The number of alkyl halides is 3. The third kappa shape index (κ3) is 5.89. The number of rotatable bonds is 5. The van der Waals surface area contributed by atoms with Crippen LogP contribution in [0, 0.1) is 18.3 Å².